The molecule has 0 bridgehead atoms. The minimum Gasteiger partial charge on any atom is -0.389 e. The second-order valence-electron chi connectivity index (χ2n) is 9.17. The molecule has 2 fully saturated rings. The molecular formula is C21H28ClNO4. The zero-order valence-electron chi connectivity index (χ0n) is 16.5. The number of halogens is 1. The number of ether oxygens (including phenoxy) is 1. The Balaban J connectivity index is 1.87. The first kappa shape index (κ1) is 20.3. The standard InChI is InChI=1S/C21H28ClNO4/c1-18(2,3)27-20-15(19(20,4)5)16(25)23-21(22,17(20)26)14(24)12-11-13-9-7-6-8-10-13/h6-10,14-15,24H,11-12H2,1-5H3,(H,23,25)/t14-,15?,20?,21?/m0/s1. The molecule has 6 heteroatoms. The summed E-state index contributed by atoms with van der Waals surface area (Å²) in [6.07, 6.45) is -0.441. The summed E-state index contributed by atoms with van der Waals surface area (Å²) in [6.45, 7) is 9.19. The van der Waals surface area contributed by atoms with Gasteiger partial charge in [-0.2, -0.15) is 0 Å². The van der Waals surface area contributed by atoms with Crippen LogP contribution in [-0.2, 0) is 20.7 Å². The van der Waals surface area contributed by atoms with Gasteiger partial charge in [0, 0.05) is 5.41 Å². The van der Waals surface area contributed by atoms with Gasteiger partial charge in [-0.15, -0.1) is 0 Å². The summed E-state index contributed by atoms with van der Waals surface area (Å²) < 4.78 is 6.14. The monoisotopic (exact) mass is 393 g/mol. The predicted molar refractivity (Wildman–Crippen MR) is 103 cm³/mol. The van der Waals surface area contributed by atoms with Crippen LogP contribution in [0.1, 0.15) is 46.6 Å². The average molecular weight is 394 g/mol. The van der Waals surface area contributed by atoms with E-state index in [1.165, 1.54) is 0 Å². The maximum atomic E-state index is 13.5. The molecule has 1 aliphatic carbocycles. The number of ketones is 1. The number of aliphatic hydroxyl groups excluding tert-OH is 1. The van der Waals surface area contributed by atoms with Gasteiger partial charge in [-0.1, -0.05) is 55.8 Å². The second-order valence-corrected chi connectivity index (χ2v) is 9.77. The van der Waals surface area contributed by atoms with Gasteiger partial charge in [0.05, 0.1) is 17.6 Å². The number of piperidine rings is 1. The van der Waals surface area contributed by atoms with Gasteiger partial charge in [0.1, 0.15) is 5.60 Å². The van der Waals surface area contributed by atoms with Crippen molar-refractivity contribution in [2.75, 3.05) is 0 Å². The maximum Gasteiger partial charge on any atom is 0.228 e. The van der Waals surface area contributed by atoms with Crippen molar-refractivity contribution in [2.24, 2.45) is 11.3 Å². The maximum absolute atomic E-state index is 13.5. The van der Waals surface area contributed by atoms with Gasteiger partial charge in [-0.25, -0.2) is 0 Å². The lowest BCUT2D eigenvalue weighted by atomic mass is 9.89. The van der Waals surface area contributed by atoms with Crippen molar-refractivity contribution in [2.45, 2.75) is 69.8 Å². The molecule has 1 saturated carbocycles. The molecule has 2 N–H and O–H groups in total. The van der Waals surface area contributed by atoms with Gasteiger partial charge >= 0.3 is 0 Å². The normalized spacial score (nSPS) is 33.2. The summed E-state index contributed by atoms with van der Waals surface area (Å²) in [6, 6.07) is 9.62. The number of hydrogen-bond donors (Lipinski definition) is 2. The fourth-order valence-electron chi connectivity index (χ4n) is 4.34. The minimum absolute atomic E-state index is 0.246. The quantitative estimate of drug-likeness (QED) is 0.595. The van der Waals surface area contributed by atoms with Crippen molar-refractivity contribution in [1.82, 2.24) is 5.32 Å². The third kappa shape index (κ3) is 3.10. The molecular weight excluding hydrogens is 366 g/mol. The third-order valence-electron chi connectivity index (χ3n) is 5.71. The SMILES string of the molecule is CC(C)(C)OC12C(=O)C(Cl)([C@@H](O)CCc3ccccc3)NC(=O)C1C2(C)C. The van der Waals surface area contributed by atoms with E-state index in [9.17, 15) is 14.7 Å². The van der Waals surface area contributed by atoms with Gasteiger partial charge in [-0.3, -0.25) is 9.59 Å². The smallest absolute Gasteiger partial charge is 0.228 e. The van der Waals surface area contributed by atoms with E-state index in [0.29, 0.717) is 6.42 Å². The van der Waals surface area contributed by atoms with E-state index >= 15 is 0 Å². The Bertz CT molecular complexity index is 757. The largest absolute Gasteiger partial charge is 0.389 e. The number of carbonyl (C=O) groups excluding carboxylic acids is 2. The summed E-state index contributed by atoms with van der Waals surface area (Å²) in [4.78, 5) is 24.3. The van der Waals surface area contributed by atoms with E-state index in [-0.39, 0.29) is 12.3 Å². The summed E-state index contributed by atoms with van der Waals surface area (Å²) in [5.41, 5.74) is -1.61. The number of amides is 1. The number of nitrogens with one attached hydrogen (secondary N) is 1. The van der Waals surface area contributed by atoms with Crippen molar-refractivity contribution in [3.8, 4) is 0 Å². The molecule has 27 heavy (non-hydrogen) atoms. The van der Waals surface area contributed by atoms with Crippen LogP contribution in [0.15, 0.2) is 30.3 Å². The van der Waals surface area contributed by atoms with Crippen LogP contribution in [0.25, 0.3) is 0 Å². The molecule has 3 unspecified atom stereocenters. The Kier molecular flexibility index (Phi) is 4.73. The number of hydrogen-bond acceptors (Lipinski definition) is 4. The highest BCUT2D eigenvalue weighted by molar-refractivity contribution is 6.40. The summed E-state index contributed by atoms with van der Waals surface area (Å²) in [7, 11) is 0. The number of Topliss-reactive ketones (excluding diaryl/α,β-unsaturated/α-hetero) is 1. The van der Waals surface area contributed by atoms with Crippen LogP contribution in [0.3, 0.4) is 0 Å². The first-order chi connectivity index (χ1) is 12.4. The van der Waals surface area contributed by atoms with Crippen LogP contribution in [-0.4, -0.2) is 39.1 Å². The molecule has 1 heterocycles. The number of fused-ring (bicyclic) bond motifs is 1. The van der Waals surface area contributed by atoms with Crippen LogP contribution in [0.4, 0.5) is 0 Å². The number of carbonyl (C=O) groups is 2. The van der Waals surface area contributed by atoms with Crippen LogP contribution < -0.4 is 5.32 Å². The molecule has 3 rings (SSSR count). The van der Waals surface area contributed by atoms with Gasteiger partial charge in [0.15, 0.2) is 0 Å². The highest BCUT2D eigenvalue weighted by atomic mass is 35.5. The van der Waals surface area contributed by atoms with E-state index in [2.05, 4.69) is 5.32 Å². The number of aliphatic hydroxyl groups is 1. The Morgan fingerprint density at radius 2 is 1.81 bits per heavy atom. The lowest BCUT2D eigenvalue weighted by molar-refractivity contribution is -0.166. The average Bonchev–Trinajstić information content (AvgIpc) is 3.06. The van der Waals surface area contributed by atoms with E-state index in [1.807, 2.05) is 65.0 Å². The molecule has 0 aromatic heterocycles. The molecule has 1 aromatic rings. The fraction of sp³-hybridized carbons (Fsp3) is 0.619. The Morgan fingerprint density at radius 1 is 1.22 bits per heavy atom. The first-order valence-corrected chi connectivity index (χ1v) is 9.72. The van der Waals surface area contributed by atoms with E-state index in [4.69, 9.17) is 16.3 Å². The zero-order chi connectivity index (χ0) is 20.3. The number of benzene rings is 1. The number of aryl methyl sites for hydroxylation is 1. The molecule has 148 valence electrons. The van der Waals surface area contributed by atoms with Crippen LogP contribution in [0, 0.1) is 11.3 Å². The van der Waals surface area contributed by atoms with Gasteiger partial charge in [-0.05, 0) is 39.2 Å². The highest BCUT2D eigenvalue weighted by Gasteiger charge is 2.85. The topological polar surface area (TPSA) is 75.6 Å². The van der Waals surface area contributed by atoms with Gasteiger partial charge in [0.25, 0.3) is 0 Å². The molecule has 0 spiro atoms. The zero-order valence-corrected chi connectivity index (χ0v) is 17.3. The van der Waals surface area contributed by atoms with Crippen LogP contribution in [0.2, 0.25) is 0 Å². The van der Waals surface area contributed by atoms with Crippen molar-refractivity contribution in [3.05, 3.63) is 35.9 Å². The van der Waals surface area contributed by atoms with Crippen molar-refractivity contribution in [1.29, 1.82) is 0 Å². The minimum atomic E-state index is -1.89. The number of rotatable bonds is 5. The van der Waals surface area contributed by atoms with Gasteiger partial charge in [0.2, 0.25) is 16.7 Å². The van der Waals surface area contributed by atoms with Crippen molar-refractivity contribution < 1.29 is 19.4 Å². The third-order valence-corrected chi connectivity index (χ3v) is 6.23. The Hall–Kier alpha value is -1.43. The van der Waals surface area contributed by atoms with E-state index < -0.39 is 39.4 Å². The predicted octanol–water partition coefficient (Wildman–Crippen LogP) is 2.82. The molecule has 2 aliphatic rings. The lowest BCUT2D eigenvalue weighted by Gasteiger charge is -2.40. The van der Waals surface area contributed by atoms with Gasteiger partial charge < -0.3 is 15.2 Å². The van der Waals surface area contributed by atoms with E-state index in [1.54, 1.807) is 0 Å². The van der Waals surface area contributed by atoms with Crippen LogP contribution >= 0.6 is 11.6 Å². The molecule has 1 aromatic carbocycles. The summed E-state index contributed by atoms with van der Waals surface area (Å²) in [5.74, 6) is -1.41. The Morgan fingerprint density at radius 3 is 2.37 bits per heavy atom. The molecule has 4 atom stereocenters. The van der Waals surface area contributed by atoms with Crippen molar-refractivity contribution in [3.63, 3.8) is 0 Å². The lowest BCUT2D eigenvalue weighted by Crippen LogP contribution is -2.67. The summed E-state index contributed by atoms with van der Waals surface area (Å²) in [5, 5.41) is 13.4. The first-order valence-electron chi connectivity index (χ1n) is 9.34. The fourth-order valence-corrected chi connectivity index (χ4v) is 4.68. The Labute approximate surface area is 165 Å². The number of alkyl halides is 1. The molecule has 1 aliphatic heterocycles. The molecule has 1 saturated heterocycles. The summed E-state index contributed by atoms with van der Waals surface area (Å²) >= 11 is 6.59. The van der Waals surface area contributed by atoms with Crippen LogP contribution in [0.5, 0.6) is 0 Å². The molecule has 5 nitrogen and oxygen atoms in total. The molecule has 0 radical (unpaired) electrons. The highest BCUT2D eigenvalue weighted by Crippen LogP contribution is 2.68. The van der Waals surface area contributed by atoms with Crippen molar-refractivity contribution >= 4 is 23.3 Å². The second kappa shape index (κ2) is 6.29. The molecule has 1 amide bonds. The van der Waals surface area contributed by atoms with E-state index in [0.717, 1.165) is 5.56 Å².